The van der Waals surface area contributed by atoms with Crippen molar-refractivity contribution in [1.29, 1.82) is 0 Å². The lowest BCUT2D eigenvalue weighted by Crippen LogP contribution is -2.37. The summed E-state index contributed by atoms with van der Waals surface area (Å²) < 4.78 is 0.533. The Balaban J connectivity index is 2.11. The van der Waals surface area contributed by atoms with E-state index >= 15 is 0 Å². The van der Waals surface area contributed by atoms with Crippen LogP contribution < -0.4 is 10.5 Å². The van der Waals surface area contributed by atoms with E-state index < -0.39 is 0 Å². The van der Waals surface area contributed by atoms with Gasteiger partial charge in [0.2, 0.25) is 0 Å². The summed E-state index contributed by atoms with van der Waals surface area (Å²) in [6.07, 6.45) is 3.72. The number of halogens is 2. The van der Waals surface area contributed by atoms with Crippen LogP contribution in [0.25, 0.3) is 0 Å². The van der Waals surface area contributed by atoms with Crippen LogP contribution in [0.3, 0.4) is 0 Å². The summed E-state index contributed by atoms with van der Waals surface area (Å²) in [5.41, 5.74) is -0.119. The van der Waals surface area contributed by atoms with Crippen LogP contribution in [0.1, 0.15) is 19.8 Å². The molecule has 0 aromatic carbocycles. The number of anilines is 1. The first kappa shape index (κ1) is 13.1. The molecular weight excluding hydrogens is 350 g/mol. The second-order valence-corrected chi connectivity index (χ2v) is 6.61. The molecule has 0 amide bonds. The van der Waals surface area contributed by atoms with E-state index in [1.54, 1.807) is 0 Å². The Morgan fingerprint density at radius 1 is 1.53 bits per heavy atom. The number of alkyl halides is 1. The summed E-state index contributed by atoms with van der Waals surface area (Å²) in [5.74, 6) is 1.47. The zero-order chi connectivity index (χ0) is 12.4. The molecule has 2 heterocycles. The molecule has 1 aromatic rings. The molecule has 0 spiro atoms. The van der Waals surface area contributed by atoms with Gasteiger partial charge in [-0.1, -0.05) is 22.9 Å². The van der Waals surface area contributed by atoms with Crippen molar-refractivity contribution in [2.75, 3.05) is 18.0 Å². The van der Waals surface area contributed by atoms with Crippen LogP contribution >= 0.6 is 31.9 Å². The monoisotopic (exact) mass is 363 g/mol. The van der Waals surface area contributed by atoms with Gasteiger partial charge in [0.15, 0.2) is 0 Å². The number of piperidine rings is 1. The molecule has 94 valence electrons. The first-order valence-corrected chi connectivity index (χ1v) is 7.42. The van der Waals surface area contributed by atoms with Gasteiger partial charge in [-0.3, -0.25) is 4.79 Å². The summed E-state index contributed by atoms with van der Waals surface area (Å²) in [7, 11) is 0. The van der Waals surface area contributed by atoms with Gasteiger partial charge in [0.25, 0.3) is 5.56 Å². The highest BCUT2D eigenvalue weighted by molar-refractivity contribution is 9.10. The summed E-state index contributed by atoms with van der Waals surface area (Å²) >= 11 is 6.94. The number of nitrogens with one attached hydrogen (secondary N) is 1. The average Bonchev–Trinajstić information content (AvgIpc) is 2.33. The van der Waals surface area contributed by atoms with Gasteiger partial charge in [0.05, 0.1) is 6.33 Å². The molecule has 0 bridgehead atoms. The van der Waals surface area contributed by atoms with Gasteiger partial charge >= 0.3 is 0 Å². The maximum Gasteiger partial charge on any atom is 0.267 e. The van der Waals surface area contributed by atoms with Gasteiger partial charge in [0.1, 0.15) is 10.3 Å². The van der Waals surface area contributed by atoms with Crippen molar-refractivity contribution < 1.29 is 0 Å². The Kier molecular flexibility index (Phi) is 4.25. The van der Waals surface area contributed by atoms with Gasteiger partial charge in [-0.2, -0.15) is 0 Å². The number of hydrogen-bond donors (Lipinski definition) is 1. The molecule has 1 atom stereocenters. The SMILES string of the molecule is CC(Br)C1CCN(c2nc[nH]c(=O)c2Br)CC1. The van der Waals surface area contributed by atoms with E-state index in [1.165, 1.54) is 6.33 Å². The molecule has 1 aromatic heterocycles. The molecule has 17 heavy (non-hydrogen) atoms. The van der Waals surface area contributed by atoms with E-state index in [4.69, 9.17) is 0 Å². The second kappa shape index (κ2) is 5.52. The van der Waals surface area contributed by atoms with Crippen LogP contribution in [-0.2, 0) is 0 Å². The van der Waals surface area contributed by atoms with Crippen molar-refractivity contribution in [3.63, 3.8) is 0 Å². The Morgan fingerprint density at radius 3 is 2.76 bits per heavy atom. The molecule has 0 saturated carbocycles. The number of rotatable bonds is 2. The zero-order valence-electron chi connectivity index (χ0n) is 9.62. The Morgan fingerprint density at radius 2 is 2.18 bits per heavy atom. The molecule has 2 rings (SSSR count). The highest BCUT2D eigenvalue weighted by Gasteiger charge is 2.24. The fourth-order valence-electron chi connectivity index (χ4n) is 2.16. The number of aromatic nitrogens is 2. The Hall–Kier alpha value is -0.360. The summed E-state index contributed by atoms with van der Waals surface area (Å²) in [6, 6.07) is 0. The van der Waals surface area contributed by atoms with Gasteiger partial charge in [-0.15, -0.1) is 0 Å². The normalized spacial score (nSPS) is 19.4. The summed E-state index contributed by atoms with van der Waals surface area (Å²) in [4.78, 5) is 21.0. The van der Waals surface area contributed by atoms with E-state index in [0.717, 1.165) is 31.7 Å². The molecule has 1 N–H and O–H groups in total. The minimum absolute atomic E-state index is 0.119. The lowest BCUT2D eigenvalue weighted by molar-refractivity contribution is 0.405. The predicted molar refractivity (Wildman–Crippen MR) is 75.9 cm³/mol. The third-order valence-electron chi connectivity index (χ3n) is 3.27. The van der Waals surface area contributed by atoms with E-state index in [9.17, 15) is 4.79 Å². The fraction of sp³-hybridized carbons (Fsp3) is 0.636. The maximum atomic E-state index is 11.5. The van der Waals surface area contributed by atoms with Crippen molar-refractivity contribution in [3.8, 4) is 0 Å². The Bertz CT molecular complexity index is 439. The van der Waals surface area contributed by atoms with E-state index in [1.807, 2.05) is 0 Å². The third-order valence-corrected chi connectivity index (χ3v) is 4.73. The smallest absolute Gasteiger partial charge is 0.267 e. The van der Waals surface area contributed by atoms with E-state index in [-0.39, 0.29) is 5.56 Å². The quantitative estimate of drug-likeness (QED) is 0.820. The standard InChI is InChI=1S/C11H15Br2N3O/c1-7(12)8-2-4-16(5-3-8)10-9(13)11(17)15-6-14-10/h6-8H,2-5H2,1H3,(H,14,15,17). The second-order valence-electron chi connectivity index (χ2n) is 4.37. The number of hydrogen-bond acceptors (Lipinski definition) is 3. The highest BCUT2D eigenvalue weighted by Crippen LogP contribution is 2.29. The largest absolute Gasteiger partial charge is 0.355 e. The minimum atomic E-state index is -0.119. The number of nitrogens with zero attached hydrogens (tertiary/aromatic N) is 2. The molecule has 1 unspecified atom stereocenters. The first-order chi connectivity index (χ1) is 8.09. The number of aromatic amines is 1. The molecule has 1 aliphatic heterocycles. The van der Waals surface area contributed by atoms with Crippen LogP contribution in [0.5, 0.6) is 0 Å². The predicted octanol–water partition coefficient (Wildman–Crippen LogP) is 2.53. The molecule has 1 saturated heterocycles. The molecule has 0 aliphatic carbocycles. The fourth-order valence-corrected chi connectivity index (χ4v) is 3.16. The molecular formula is C11H15Br2N3O. The van der Waals surface area contributed by atoms with Crippen molar-refractivity contribution in [2.45, 2.75) is 24.6 Å². The molecule has 6 heteroatoms. The van der Waals surface area contributed by atoms with Gasteiger partial charge in [-0.25, -0.2) is 4.98 Å². The Labute approximate surface area is 117 Å². The van der Waals surface area contributed by atoms with Crippen LogP contribution in [0.2, 0.25) is 0 Å². The van der Waals surface area contributed by atoms with Crippen LogP contribution in [0, 0.1) is 5.92 Å². The van der Waals surface area contributed by atoms with Crippen molar-refractivity contribution in [2.24, 2.45) is 5.92 Å². The lowest BCUT2D eigenvalue weighted by atomic mass is 9.94. The van der Waals surface area contributed by atoms with Crippen molar-refractivity contribution in [1.82, 2.24) is 9.97 Å². The minimum Gasteiger partial charge on any atom is -0.355 e. The molecule has 4 nitrogen and oxygen atoms in total. The van der Waals surface area contributed by atoms with Crippen molar-refractivity contribution in [3.05, 3.63) is 21.2 Å². The highest BCUT2D eigenvalue weighted by atomic mass is 79.9. The maximum absolute atomic E-state index is 11.5. The van der Waals surface area contributed by atoms with Gasteiger partial charge in [-0.05, 0) is 34.7 Å². The molecule has 0 radical (unpaired) electrons. The van der Waals surface area contributed by atoms with Gasteiger partial charge in [0, 0.05) is 17.9 Å². The van der Waals surface area contributed by atoms with E-state index in [2.05, 4.69) is 53.7 Å². The van der Waals surface area contributed by atoms with E-state index in [0.29, 0.717) is 15.2 Å². The van der Waals surface area contributed by atoms with Crippen molar-refractivity contribution >= 4 is 37.7 Å². The van der Waals surface area contributed by atoms with Crippen LogP contribution in [0.4, 0.5) is 5.82 Å². The van der Waals surface area contributed by atoms with Crippen LogP contribution in [-0.4, -0.2) is 27.9 Å². The summed E-state index contributed by atoms with van der Waals surface area (Å²) in [6.45, 7) is 4.10. The third kappa shape index (κ3) is 2.91. The first-order valence-electron chi connectivity index (χ1n) is 5.72. The lowest BCUT2D eigenvalue weighted by Gasteiger charge is -2.34. The summed E-state index contributed by atoms with van der Waals surface area (Å²) in [5, 5.41) is 0. The zero-order valence-corrected chi connectivity index (χ0v) is 12.8. The topological polar surface area (TPSA) is 49.0 Å². The average molecular weight is 365 g/mol. The molecule has 1 aliphatic rings. The van der Waals surface area contributed by atoms with Gasteiger partial charge < -0.3 is 9.88 Å². The number of H-pyrrole nitrogens is 1. The van der Waals surface area contributed by atoms with Crippen LogP contribution in [0.15, 0.2) is 15.6 Å². The molecule has 1 fully saturated rings.